The van der Waals surface area contributed by atoms with Gasteiger partial charge in [-0.15, -0.1) is 0 Å². The SMILES string of the molecule is CC(CCN(C)Cc1noc(C2CCC2)n1)c1ccccc1. The summed E-state index contributed by atoms with van der Waals surface area (Å²) in [5.41, 5.74) is 1.41. The molecule has 4 heteroatoms. The Morgan fingerprint density at radius 3 is 2.73 bits per heavy atom. The summed E-state index contributed by atoms with van der Waals surface area (Å²) in [7, 11) is 2.12. The van der Waals surface area contributed by atoms with E-state index in [0.29, 0.717) is 11.8 Å². The molecule has 1 aromatic heterocycles. The highest BCUT2D eigenvalue weighted by molar-refractivity contribution is 5.18. The van der Waals surface area contributed by atoms with E-state index in [1.54, 1.807) is 0 Å². The molecular formula is C18H25N3O. The molecule has 0 saturated heterocycles. The molecule has 1 atom stereocenters. The summed E-state index contributed by atoms with van der Waals surface area (Å²) in [5, 5.41) is 4.12. The number of aromatic nitrogens is 2. The van der Waals surface area contributed by atoms with E-state index in [0.717, 1.165) is 31.2 Å². The Hall–Kier alpha value is -1.68. The maximum Gasteiger partial charge on any atom is 0.229 e. The molecule has 1 aliphatic rings. The number of hydrogen-bond acceptors (Lipinski definition) is 4. The molecule has 4 nitrogen and oxygen atoms in total. The second kappa shape index (κ2) is 7.05. The average molecular weight is 299 g/mol. The number of benzene rings is 1. The van der Waals surface area contributed by atoms with Crippen LogP contribution in [-0.2, 0) is 6.54 Å². The minimum absolute atomic E-state index is 0.518. The first-order valence-electron chi connectivity index (χ1n) is 8.28. The van der Waals surface area contributed by atoms with Gasteiger partial charge in [-0.3, -0.25) is 4.90 Å². The molecule has 2 aromatic rings. The highest BCUT2D eigenvalue weighted by atomic mass is 16.5. The van der Waals surface area contributed by atoms with Gasteiger partial charge in [-0.25, -0.2) is 0 Å². The van der Waals surface area contributed by atoms with E-state index in [1.807, 2.05) is 0 Å². The molecule has 1 aromatic carbocycles. The molecule has 1 unspecified atom stereocenters. The summed E-state index contributed by atoms with van der Waals surface area (Å²) in [5.74, 6) is 2.74. The highest BCUT2D eigenvalue weighted by Gasteiger charge is 2.25. The van der Waals surface area contributed by atoms with Crippen LogP contribution in [0.3, 0.4) is 0 Å². The lowest BCUT2D eigenvalue weighted by Crippen LogP contribution is -2.21. The van der Waals surface area contributed by atoms with Gasteiger partial charge >= 0.3 is 0 Å². The minimum atomic E-state index is 0.518. The lowest BCUT2D eigenvalue weighted by Gasteiger charge is -2.20. The average Bonchev–Trinajstić information content (AvgIpc) is 2.91. The Morgan fingerprint density at radius 1 is 1.27 bits per heavy atom. The molecule has 0 radical (unpaired) electrons. The van der Waals surface area contributed by atoms with Crippen molar-refractivity contribution in [2.75, 3.05) is 13.6 Å². The molecular weight excluding hydrogens is 274 g/mol. The highest BCUT2D eigenvalue weighted by Crippen LogP contribution is 2.35. The number of rotatable bonds is 7. The Balaban J connectivity index is 1.46. The van der Waals surface area contributed by atoms with Crippen molar-refractivity contribution in [1.29, 1.82) is 0 Å². The van der Waals surface area contributed by atoms with Crippen molar-refractivity contribution in [3.8, 4) is 0 Å². The van der Waals surface area contributed by atoms with E-state index in [-0.39, 0.29) is 0 Å². The maximum atomic E-state index is 5.38. The fourth-order valence-corrected chi connectivity index (χ4v) is 2.84. The predicted molar refractivity (Wildman–Crippen MR) is 86.7 cm³/mol. The van der Waals surface area contributed by atoms with Crippen LogP contribution in [0.25, 0.3) is 0 Å². The lowest BCUT2D eigenvalue weighted by atomic mass is 9.85. The Bertz CT molecular complexity index is 577. The van der Waals surface area contributed by atoms with Crippen molar-refractivity contribution in [3.63, 3.8) is 0 Å². The van der Waals surface area contributed by atoms with Gasteiger partial charge in [0.1, 0.15) is 0 Å². The van der Waals surface area contributed by atoms with Gasteiger partial charge in [0, 0.05) is 5.92 Å². The summed E-state index contributed by atoms with van der Waals surface area (Å²) in [6, 6.07) is 10.7. The predicted octanol–water partition coefficient (Wildman–Crippen LogP) is 3.96. The van der Waals surface area contributed by atoms with E-state index in [4.69, 9.17) is 4.52 Å². The number of nitrogens with zero attached hydrogens (tertiary/aromatic N) is 3. The summed E-state index contributed by atoms with van der Waals surface area (Å²) < 4.78 is 5.38. The van der Waals surface area contributed by atoms with E-state index in [1.165, 1.54) is 24.8 Å². The van der Waals surface area contributed by atoms with E-state index in [9.17, 15) is 0 Å². The third-order valence-electron chi connectivity index (χ3n) is 4.66. The second-order valence-corrected chi connectivity index (χ2v) is 6.51. The molecule has 0 amide bonds. The van der Waals surface area contributed by atoms with E-state index < -0.39 is 0 Å². The van der Waals surface area contributed by atoms with Crippen LogP contribution in [0.2, 0.25) is 0 Å². The van der Waals surface area contributed by atoms with E-state index in [2.05, 4.69) is 59.3 Å². The van der Waals surface area contributed by atoms with Gasteiger partial charge in [0.25, 0.3) is 0 Å². The molecule has 1 saturated carbocycles. The molecule has 1 heterocycles. The van der Waals surface area contributed by atoms with Crippen molar-refractivity contribution in [2.24, 2.45) is 0 Å². The van der Waals surface area contributed by atoms with Crippen LogP contribution in [0.15, 0.2) is 34.9 Å². The molecule has 3 rings (SSSR count). The largest absolute Gasteiger partial charge is 0.339 e. The molecule has 1 aliphatic carbocycles. The second-order valence-electron chi connectivity index (χ2n) is 6.51. The van der Waals surface area contributed by atoms with Gasteiger partial charge in [-0.1, -0.05) is 48.8 Å². The smallest absolute Gasteiger partial charge is 0.229 e. The Morgan fingerprint density at radius 2 is 2.05 bits per heavy atom. The van der Waals surface area contributed by atoms with Gasteiger partial charge in [0.15, 0.2) is 5.82 Å². The summed E-state index contributed by atoms with van der Waals surface area (Å²) in [6.07, 6.45) is 4.83. The van der Waals surface area contributed by atoms with E-state index >= 15 is 0 Å². The third-order valence-corrected chi connectivity index (χ3v) is 4.66. The van der Waals surface area contributed by atoms with Crippen LogP contribution >= 0.6 is 0 Å². The normalized spacial score (nSPS) is 16.7. The molecule has 0 N–H and O–H groups in total. The molecule has 0 aliphatic heterocycles. The van der Waals surface area contributed by atoms with Crippen molar-refractivity contribution in [3.05, 3.63) is 47.6 Å². The monoisotopic (exact) mass is 299 g/mol. The number of hydrogen-bond donors (Lipinski definition) is 0. The first-order chi connectivity index (χ1) is 10.7. The quantitative estimate of drug-likeness (QED) is 0.776. The van der Waals surface area contributed by atoms with Crippen LogP contribution in [0.4, 0.5) is 0 Å². The third kappa shape index (κ3) is 3.74. The molecule has 22 heavy (non-hydrogen) atoms. The fraction of sp³-hybridized carbons (Fsp3) is 0.556. The van der Waals surface area contributed by atoms with Crippen molar-refractivity contribution >= 4 is 0 Å². The fourth-order valence-electron chi connectivity index (χ4n) is 2.84. The van der Waals surface area contributed by atoms with Gasteiger partial charge < -0.3 is 4.52 Å². The molecule has 1 fully saturated rings. The zero-order valence-electron chi connectivity index (χ0n) is 13.5. The van der Waals surface area contributed by atoms with Gasteiger partial charge in [-0.2, -0.15) is 4.98 Å². The maximum absolute atomic E-state index is 5.38. The minimum Gasteiger partial charge on any atom is -0.339 e. The molecule has 0 spiro atoms. The van der Waals surface area contributed by atoms with Crippen LogP contribution in [0, 0.1) is 0 Å². The Labute approximate surface area is 132 Å². The van der Waals surface area contributed by atoms with Crippen LogP contribution in [-0.4, -0.2) is 28.6 Å². The molecule has 118 valence electrons. The standard InChI is InChI=1S/C18H25N3O/c1-14(15-7-4-3-5-8-15)11-12-21(2)13-17-19-18(22-20-17)16-9-6-10-16/h3-5,7-8,14,16H,6,9-13H2,1-2H3. The summed E-state index contributed by atoms with van der Waals surface area (Å²) in [6.45, 7) is 4.08. The first-order valence-corrected chi connectivity index (χ1v) is 8.28. The molecule has 0 bridgehead atoms. The van der Waals surface area contributed by atoms with Crippen molar-refractivity contribution in [2.45, 2.75) is 51.0 Å². The first kappa shape index (κ1) is 15.2. The summed E-state index contributed by atoms with van der Waals surface area (Å²) in [4.78, 5) is 6.81. The van der Waals surface area contributed by atoms with Crippen molar-refractivity contribution < 1.29 is 4.52 Å². The summed E-state index contributed by atoms with van der Waals surface area (Å²) >= 11 is 0. The van der Waals surface area contributed by atoms with Gasteiger partial charge in [0.05, 0.1) is 6.54 Å². The lowest BCUT2D eigenvalue weighted by molar-refractivity contribution is 0.280. The topological polar surface area (TPSA) is 42.2 Å². The Kier molecular flexibility index (Phi) is 4.88. The zero-order chi connectivity index (χ0) is 15.4. The van der Waals surface area contributed by atoms with Crippen LogP contribution in [0.5, 0.6) is 0 Å². The van der Waals surface area contributed by atoms with Crippen LogP contribution < -0.4 is 0 Å². The van der Waals surface area contributed by atoms with Gasteiger partial charge in [0.2, 0.25) is 5.89 Å². The van der Waals surface area contributed by atoms with Crippen molar-refractivity contribution in [1.82, 2.24) is 15.0 Å². The van der Waals surface area contributed by atoms with Gasteiger partial charge in [-0.05, 0) is 44.3 Å². The van der Waals surface area contributed by atoms with Crippen LogP contribution in [0.1, 0.15) is 61.7 Å². The zero-order valence-corrected chi connectivity index (χ0v) is 13.5.